The van der Waals surface area contributed by atoms with E-state index in [9.17, 15) is 19.2 Å². The van der Waals surface area contributed by atoms with Crippen LogP contribution in [0.25, 0.3) is 22.3 Å². The van der Waals surface area contributed by atoms with Gasteiger partial charge in [-0.1, -0.05) is 29.7 Å². The third-order valence-electron chi connectivity index (χ3n) is 7.60. The number of benzene rings is 1. The molecule has 1 aromatic carbocycles. The minimum absolute atomic E-state index is 0.165. The molecule has 1 unspecified atom stereocenters. The van der Waals surface area contributed by atoms with Crippen molar-refractivity contribution in [3.8, 4) is 11.4 Å². The Morgan fingerprint density at radius 3 is 2.55 bits per heavy atom. The normalized spacial score (nSPS) is 17.5. The van der Waals surface area contributed by atoms with Gasteiger partial charge in [-0.3, -0.25) is 9.59 Å². The molecule has 6 rings (SSSR count). The Labute approximate surface area is 241 Å². The first-order valence-electron chi connectivity index (χ1n) is 13.8. The highest BCUT2D eigenvalue weighted by molar-refractivity contribution is 5.90. The predicted molar refractivity (Wildman–Crippen MR) is 151 cm³/mol. The Hall–Kier alpha value is -4.86. The molecule has 5 heterocycles. The van der Waals surface area contributed by atoms with E-state index in [1.165, 1.54) is 29.1 Å². The van der Waals surface area contributed by atoms with Crippen molar-refractivity contribution in [3.63, 3.8) is 0 Å². The first-order valence-corrected chi connectivity index (χ1v) is 13.8. The van der Waals surface area contributed by atoms with Crippen LogP contribution in [0.3, 0.4) is 0 Å². The van der Waals surface area contributed by atoms with Crippen LogP contribution in [0.4, 0.5) is 4.79 Å². The minimum atomic E-state index is -1.45. The molecular formula is C32H30N3O7+. The summed E-state index contributed by atoms with van der Waals surface area (Å²) in [5, 5.41) is 0.972. The zero-order valence-corrected chi connectivity index (χ0v) is 23.8. The van der Waals surface area contributed by atoms with Crippen LogP contribution in [0.15, 0.2) is 65.7 Å². The molecule has 0 spiro atoms. The van der Waals surface area contributed by atoms with Crippen molar-refractivity contribution in [3.05, 3.63) is 93.5 Å². The topological polar surface area (TPSA) is 118 Å². The number of fused-ring (bicyclic) bond motifs is 5. The van der Waals surface area contributed by atoms with E-state index in [-0.39, 0.29) is 36.1 Å². The first kappa shape index (κ1) is 27.3. The highest BCUT2D eigenvalue weighted by atomic mass is 16.6. The number of hydrogen-bond donors (Lipinski definition) is 0. The summed E-state index contributed by atoms with van der Waals surface area (Å²) in [6.07, 6.45) is 2.18. The molecule has 2 aliphatic heterocycles. The van der Waals surface area contributed by atoms with E-state index < -0.39 is 29.2 Å². The first-order chi connectivity index (χ1) is 20.0. The molecule has 10 heteroatoms. The molecule has 1 atom stereocenters. The van der Waals surface area contributed by atoms with Gasteiger partial charge in [0.15, 0.2) is 12.4 Å². The molecule has 0 aliphatic carbocycles. The molecule has 0 amide bonds. The Kier molecular flexibility index (Phi) is 6.44. The van der Waals surface area contributed by atoms with Crippen LogP contribution in [-0.2, 0) is 37.8 Å². The fourth-order valence-corrected chi connectivity index (χ4v) is 5.51. The van der Waals surface area contributed by atoms with Crippen molar-refractivity contribution in [1.82, 2.24) is 9.55 Å². The SMILES string of the molecule is CCC1(OC(=O)c2cc[n+](C(=O)OC(C)(C)C)cc2)CC(=O)OCc2c1cc1n(c2=O)Cc2cc3ccccc3nc2-1. The van der Waals surface area contributed by atoms with Crippen molar-refractivity contribution in [2.24, 2.45) is 0 Å². The number of carbonyl (C=O) groups is 3. The Morgan fingerprint density at radius 2 is 1.83 bits per heavy atom. The summed E-state index contributed by atoms with van der Waals surface area (Å²) in [4.78, 5) is 57.4. The monoisotopic (exact) mass is 568 g/mol. The van der Waals surface area contributed by atoms with E-state index in [0.29, 0.717) is 23.5 Å². The second-order valence-electron chi connectivity index (χ2n) is 11.6. The molecule has 4 aromatic rings. The number of pyridine rings is 3. The quantitative estimate of drug-likeness (QED) is 0.179. The Morgan fingerprint density at radius 1 is 1.10 bits per heavy atom. The van der Waals surface area contributed by atoms with Gasteiger partial charge in [-0.15, -0.1) is 0 Å². The number of hydrogen-bond acceptors (Lipinski definition) is 8. The van der Waals surface area contributed by atoms with E-state index in [1.54, 1.807) is 32.3 Å². The highest BCUT2D eigenvalue weighted by Crippen LogP contribution is 2.41. The molecule has 0 bridgehead atoms. The third-order valence-corrected chi connectivity index (χ3v) is 7.60. The van der Waals surface area contributed by atoms with Gasteiger partial charge in [0.05, 0.1) is 41.0 Å². The third kappa shape index (κ3) is 4.72. The Balaban J connectivity index is 1.40. The number of para-hydroxylation sites is 1. The minimum Gasteiger partial charge on any atom is -0.460 e. The lowest BCUT2D eigenvalue weighted by atomic mass is 9.85. The molecule has 10 nitrogen and oxygen atoms in total. The Bertz CT molecular complexity index is 1840. The smallest absolute Gasteiger partial charge is 0.460 e. The summed E-state index contributed by atoms with van der Waals surface area (Å²) in [6.45, 7) is 7.18. The molecule has 3 aromatic heterocycles. The van der Waals surface area contributed by atoms with Gasteiger partial charge in [0.25, 0.3) is 5.56 Å². The van der Waals surface area contributed by atoms with E-state index in [0.717, 1.165) is 16.5 Å². The molecule has 0 saturated carbocycles. The van der Waals surface area contributed by atoms with Crippen LogP contribution in [0.2, 0.25) is 0 Å². The number of nitrogens with zero attached hydrogens (tertiary/aromatic N) is 3. The number of esters is 2. The van der Waals surface area contributed by atoms with Crippen molar-refractivity contribution in [1.29, 1.82) is 0 Å². The number of ether oxygens (including phenoxy) is 3. The lowest BCUT2D eigenvalue weighted by Crippen LogP contribution is -2.46. The second-order valence-corrected chi connectivity index (χ2v) is 11.6. The fraction of sp³-hybridized carbons (Fsp3) is 0.312. The van der Waals surface area contributed by atoms with Crippen molar-refractivity contribution in [2.75, 3.05) is 0 Å². The summed E-state index contributed by atoms with van der Waals surface area (Å²) in [6, 6.07) is 14.5. The van der Waals surface area contributed by atoms with Crippen LogP contribution in [0.1, 0.15) is 67.6 Å². The number of aromatic nitrogens is 3. The zero-order chi connectivity index (χ0) is 29.8. The van der Waals surface area contributed by atoms with Crippen molar-refractivity contribution in [2.45, 2.75) is 64.9 Å². The van der Waals surface area contributed by atoms with Crippen LogP contribution in [-0.4, -0.2) is 33.2 Å². The van der Waals surface area contributed by atoms with E-state index in [2.05, 4.69) is 0 Å². The van der Waals surface area contributed by atoms with E-state index in [1.807, 2.05) is 36.4 Å². The van der Waals surface area contributed by atoms with Crippen LogP contribution in [0, 0.1) is 0 Å². The molecule has 214 valence electrons. The van der Waals surface area contributed by atoms with Gasteiger partial charge < -0.3 is 18.8 Å². The summed E-state index contributed by atoms with van der Waals surface area (Å²) in [5.41, 5.74) is 1.40. The standard InChI is InChI=1S/C32H30N3O7/c1-5-32(41-29(38)19-10-12-34(13-11-19)30(39)42-31(2,3)4)16-26(36)40-18-22-23(32)15-25-27-21(17-35(25)28(22)37)14-20-8-6-7-9-24(20)33-27/h6-15H,5,16-18H2,1-4H3/q+1. The summed E-state index contributed by atoms with van der Waals surface area (Å²) in [7, 11) is 0. The van der Waals surface area contributed by atoms with Crippen molar-refractivity contribution < 1.29 is 33.2 Å². The highest BCUT2D eigenvalue weighted by Gasteiger charge is 2.44. The fourth-order valence-electron chi connectivity index (χ4n) is 5.51. The largest absolute Gasteiger partial charge is 0.602 e. The van der Waals surface area contributed by atoms with Gasteiger partial charge in [-0.2, -0.15) is 4.79 Å². The number of cyclic esters (lactones) is 1. The average Bonchev–Trinajstić information content (AvgIpc) is 3.24. The molecule has 0 fully saturated rings. The molecule has 0 saturated heterocycles. The van der Waals surface area contributed by atoms with Gasteiger partial charge in [0.2, 0.25) is 0 Å². The lowest BCUT2D eigenvalue weighted by molar-refractivity contribution is -0.588. The number of rotatable bonds is 3. The maximum absolute atomic E-state index is 13.8. The molecule has 42 heavy (non-hydrogen) atoms. The predicted octanol–water partition coefficient (Wildman–Crippen LogP) is 4.41. The lowest BCUT2D eigenvalue weighted by Gasteiger charge is -2.32. The average molecular weight is 569 g/mol. The summed E-state index contributed by atoms with van der Waals surface area (Å²) < 4.78 is 19.7. The van der Waals surface area contributed by atoms with Gasteiger partial charge in [-0.05, 0) is 45.4 Å². The molecule has 2 aliphatic rings. The summed E-state index contributed by atoms with van der Waals surface area (Å²) in [5.74, 6) is -1.29. The van der Waals surface area contributed by atoms with Crippen molar-refractivity contribution >= 4 is 28.9 Å². The van der Waals surface area contributed by atoms with Gasteiger partial charge in [0.1, 0.15) is 17.8 Å². The van der Waals surface area contributed by atoms with Gasteiger partial charge in [-0.25, -0.2) is 9.78 Å². The molecule has 0 N–H and O–H groups in total. The van der Waals surface area contributed by atoms with E-state index in [4.69, 9.17) is 19.2 Å². The van der Waals surface area contributed by atoms with Crippen LogP contribution >= 0.6 is 0 Å². The van der Waals surface area contributed by atoms with Gasteiger partial charge in [0, 0.05) is 28.6 Å². The van der Waals surface area contributed by atoms with Gasteiger partial charge >= 0.3 is 18.0 Å². The molecule has 0 radical (unpaired) electrons. The molecular weight excluding hydrogens is 538 g/mol. The zero-order valence-electron chi connectivity index (χ0n) is 23.8. The van der Waals surface area contributed by atoms with Crippen LogP contribution < -0.4 is 10.1 Å². The second kappa shape index (κ2) is 9.90. The maximum atomic E-state index is 13.8. The van der Waals surface area contributed by atoms with Crippen LogP contribution in [0.5, 0.6) is 0 Å². The summed E-state index contributed by atoms with van der Waals surface area (Å²) >= 11 is 0. The van der Waals surface area contributed by atoms with E-state index >= 15 is 0 Å². The maximum Gasteiger partial charge on any atom is 0.602 e. The number of carbonyl (C=O) groups excluding carboxylic acids is 3.